The first-order valence-corrected chi connectivity index (χ1v) is 8.95. The molecule has 23 heavy (non-hydrogen) atoms. The Morgan fingerprint density at radius 3 is 2.35 bits per heavy atom. The number of nitrogens with zero attached hydrogens (tertiary/aromatic N) is 2. The summed E-state index contributed by atoms with van der Waals surface area (Å²) in [7, 11) is 0. The van der Waals surface area contributed by atoms with E-state index in [1.54, 1.807) is 0 Å². The minimum atomic E-state index is 0.751. The Bertz CT molecular complexity index is 645. The molecule has 0 radical (unpaired) electrons. The molecule has 2 nitrogen and oxygen atoms in total. The van der Waals surface area contributed by atoms with Crippen LogP contribution in [0.25, 0.3) is 0 Å². The number of aryl methyl sites for hydroxylation is 3. The third-order valence-electron chi connectivity index (χ3n) is 5.28. The molecule has 1 aromatic heterocycles. The normalized spacial score (nSPS) is 21.3. The standard InChI is InChI=1S/C21H28N2/c1-15-7-9-18(10-8-15)11-19-5-4-6-20(12-19)13-21-22-14-16(2)17(3)23-21/h7-10,14,19-20H,4-6,11-13H2,1-3H3. The van der Waals surface area contributed by atoms with Gasteiger partial charge in [-0.2, -0.15) is 0 Å². The van der Waals surface area contributed by atoms with Crippen LogP contribution >= 0.6 is 0 Å². The van der Waals surface area contributed by atoms with E-state index in [9.17, 15) is 0 Å². The van der Waals surface area contributed by atoms with Crippen molar-refractivity contribution in [2.45, 2.75) is 59.3 Å². The number of aromatic nitrogens is 2. The van der Waals surface area contributed by atoms with Crippen molar-refractivity contribution in [3.63, 3.8) is 0 Å². The van der Waals surface area contributed by atoms with Crippen LogP contribution in [0, 0.1) is 32.6 Å². The number of benzene rings is 1. The Labute approximate surface area is 140 Å². The Morgan fingerprint density at radius 2 is 1.65 bits per heavy atom. The van der Waals surface area contributed by atoms with Gasteiger partial charge < -0.3 is 0 Å². The minimum absolute atomic E-state index is 0.751. The minimum Gasteiger partial charge on any atom is -0.241 e. The molecule has 122 valence electrons. The molecule has 1 fully saturated rings. The van der Waals surface area contributed by atoms with Crippen molar-refractivity contribution in [3.05, 3.63) is 58.7 Å². The quantitative estimate of drug-likeness (QED) is 0.795. The lowest BCUT2D eigenvalue weighted by Gasteiger charge is -2.29. The summed E-state index contributed by atoms with van der Waals surface area (Å²) in [5.74, 6) is 2.61. The zero-order chi connectivity index (χ0) is 16.2. The molecule has 2 unspecified atom stereocenters. The Kier molecular flexibility index (Phi) is 5.09. The molecule has 1 saturated carbocycles. The zero-order valence-electron chi connectivity index (χ0n) is 14.7. The zero-order valence-corrected chi connectivity index (χ0v) is 14.7. The van der Waals surface area contributed by atoms with Gasteiger partial charge in [0.15, 0.2) is 0 Å². The van der Waals surface area contributed by atoms with Crippen LogP contribution in [0.15, 0.2) is 30.5 Å². The van der Waals surface area contributed by atoms with Crippen LogP contribution in [0.1, 0.15) is 53.9 Å². The van der Waals surface area contributed by atoms with Gasteiger partial charge in [0.05, 0.1) is 0 Å². The van der Waals surface area contributed by atoms with E-state index in [1.807, 2.05) is 6.20 Å². The van der Waals surface area contributed by atoms with Crippen LogP contribution in [0.3, 0.4) is 0 Å². The van der Waals surface area contributed by atoms with Crippen molar-refractivity contribution in [3.8, 4) is 0 Å². The predicted octanol–water partition coefficient (Wildman–Crippen LogP) is 4.99. The molecule has 0 saturated heterocycles. The summed E-state index contributed by atoms with van der Waals surface area (Å²) in [6, 6.07) is 9.06. The molecule has 2 aromatic rings. The van der Waals surface area contributed by atoms with Gasteiger partial charge in [-0.15, -0.1) is 0 Å². The average molecular weight is 308 g/mol. The highest BCUT2D eigenvalue weighted by Crippen LogP contribution is 2.33. The van der Waals surface area contributed by atoms with Crippen LogP contribution in [0.4, 0.5) is 0 Å². The van der Waals surface area contributed by atoms with Gasteiger partial charge in [0.2, 0.25) is 0 Å². The summed E-state index contributed by atoms with van der Waals surface area (Å²) in [4.78, 5) is 9.22. The van der Waals surface area contributed by atoms with Gasteiger partial charge in [0, 0.05) is 18.3 Å². The summed E-state index contributed by atoms with van der Waals surface area (Å²) in [6.07, 6.45) is 9.63. The highest BCUT2D eigenvalue weighted by Gasteiger charge is 2.23. The van der Waals surface area contributed by atoms with Crippen molar-refractivity contribution < 1.29 is 0 Å². The van der Waals surface area contributed by atoms with E-state index in [0.717, 1.165) is 29.8 Å². The van der Waals surface area contributed by atoms with E-state index >= 15 is 0 Å². The van der Waals surface area contributed by atoms with E-state index in [-0.39, 0.29) is 0 Å². The second-order valence-electron chi connectivity index (χ2n) is 7.35. The maximum atomic E-state index is 4.67. The monoisotopic (exact) mass is 308 g/mol. The van der Waals surface area contributed by atoms with Crippen LogP contribution < -0.4 is 0 Å². The number of rotatable bonds is 4. The third-order valence-corrected chi connectivity index (χ3v) is 5.28. The van der Waals surface area contributed by atoms with Crippen LogP contribution in [-0.4, -0.2) is 9.97 Å². The smallest absolute Gasteiger partial charge is 0.128 e. The molecule has 2 heteroatoms. The van der Waals surface area contributed by atoms with Crippen LogP contribution in [-0.2, 0) is 12.8 Å². The molecule has 1 heterocycles. The van der Waals surface area contributed by atoms with E-state index in [1.165, 1.54) is 48.8 Å². The molecular weight excluding hydrogens is 280 g/mol. The van der Waals surface area contributed by atoms with Crippen molar-refractivity contribution >= 4 is 0 Å². The maximum absolute atomic E-state index is 4.67. The van der Waals surface area contributed by atoms with Gasteiger partial charge in [-0.3, -0.25) is 0 Å². The van der Waals surface area contributed by atoms with Crippen molar-refractivity contribution in [2.24, 2.45) is 11.8 Å². The first kappa shape index (κ1) is 16.2. The molecule has 0 bridgehead atoms. The van der Waals surface area contributed by atoms with Gasteiger partial charge in [0.1, 0.15) is 5.82 Å². The fraction of sp³-hybridized carbons (Fsp3) is 0.524. The van der Waals surface area contributed by atoms with E-state index in [4.69, 9.17) is 0 Å². The summed E-state index contributed by atoms with van der Waals surface area (Å²) >= 11 is 0. The molecule has 0 N–H and O–H groups in total. The SMILES string of the molecule is Cc1ccc(CC2CCCC(Cc3ncc(C)c(C)n3)C2)cc1. The summed E-state index contributed by atoms with van der Waals surface area (Å²) < 4.78 is 0. The molecule has 3 rings (SSSR count). The topological polar surface area (TPSA) is 25.8 Å². The summed E-state index contributed by atoms with van der Waals surface area (Å²) in [5, 5.41) is 0. The van der Waals surface area contributed by atoms with E-state index in [2.05, 4.69) is 55.0 Å². The number of hydrogen-bond acceptors (Lipinski definition) is 2. The lowest BCUT2D eigenvalue weighted by Crippen LogP contribution is -2.20. The first-order valence-electron chi connectivity index (χ1n) is 8.95. The number of hydrogen-bond donors (Lipinski definition) is 0. The molecule has 0 aliphatic heterocycles. The van der Waals surface area contributed by atoms with Gasteiger partial charge >= 0.3 is 0 Å². The fourth-order valence-electron chi connectivity index (χ4n) is 3.76. The average Bonchev–Trinajstić information content (AvgIpc) is 2.54. The predicted molar refractivity (Wildman–Crippen MR) is 95.5 cm³/mol. The van der Waals surface area contributed by atoms with Crippen molar-refractivity contribution in [1.82, 2.24) is 9.97 Å². The molecule has 2 atom stereocenters. The van der Waals surface area contributed by atoms with Crippen LogP contribution in [0.5, 0.6) is 0 Å². The largest absolute Gasteiger partial charge is 0.241 e. The highest BCUT2D eigenvalue weighted by atomic mass is 14.9. The highest BCUT2D eigenvalue weighted by molar-refractivity contribution is 5.21. The van der Waals surface area contributed by atoms with E-state index in [0.29, 0.717) is 0 Å². The van der Waals surface area contributed by atoms with Gasteiger partial charge in [-0.1, -0.05) is 42.7 Å². The van der Waals surface area contributed by atoms with Crippen molar-refractivity contribution in [1.29, 1.82) is 0 Å². The molecule has 1 aliphatic rings. The van der Waals surface area contributed by atoms with Crippen LogP contribution in [0.2, 0.25) is 0 Å². The Hall–Kier alpha value is -1.70. The summed E-state index contributed by atoms with van der Waals surface area (Å²) in [5.41, 5.74) is 5.16. The van der Waals surface area contributed by atoms with Gasteiger partial charge in [0.25, 0.3) is 0 Å². The fourth-order valence-corrected chi connectivity index (χ4v) is 3.76. The molecule has 0 spiro atoms. The summed E-state index contributed by atoms with van der Waals surface area (Å²) in [6.45, 7) is 6.32. The Morgan fingerprint density at radius 1 is 0.957 bits per heavy atom. The van der Waals surface area contributed by atoms with Gasteiger partial charge in [-0.05, 0) is 63.0 Å². The maximum Gasteiger partial charge on any atom is 0.128 e. The first-order chi connectivity index (χ1) is 11.1. The Balaban J connectivity index is 1.59. The molecule has 1 aromatic carbocycles. The molecular formula is C21H28N2. The lowest BCUT2D eigenvalue weighted by molar-refractivity contribution is 0.261. The lowest BCUT2D eigenvalue weighted by atomic mass is 9.77. The van der Waals surface area contributed by atoms with Gasteiger partial charge in [-0.25, -0.2) is 9.97 Å². The van der Waals surface area contributed by atoms with E-state index < -0.39 is 0 Å². The second kappa shape index (κ2) is 7.25. The molecule has 0 amide bonds. The third kappa shape index (κ3) is 4.40. The molecule has 1 aliphatic carbocycles. The van der Waals surface area contributed by atoms with Crippen molar-refractivity contribution in [2.75, 3.05) is 0 Å². The second-order valence-corrected chi connectivity index (χ2v) is 7.35.